The Morgan fingerprint density at radius 2 is 1.12 bits per heavy atom. The number of fused-ring (bicyclic) bond motifs is 2. The number of esters is 1. The van der Waals surface area contributed by atoms with Crippen LogP contribution >= 0.6 is 23.2 Å². The number of H-pyrrole nitrogens is 2. The lowest BCUT2D eigenvalue weighted by Gasteiger charge is -2.22. The third kappa shape index (κ3) is 8.44. The van der Waals surface area contributed by atoms with E-state index in [2.05, 4.69) is 34.2 Å². The number of hydrogen-bond acceptors (Lipinski definition) is 5. The smallest absolute Gasteiger partial charge is 0.354 e. The molecule has 2 aromatic heterocycles. The zero-order valence-corrected chi connectivity index (χ0v) is 30.9. The Kier molecular flexibility index (Phi) is 11.4. The molecule has 0 radical (unpaired) electrons. The lowest BCUT2D eigenvalue weighted by Crippen LogP contribution is -2.04. The van der Waals surface area contributed by atoms with Gasteiger partial charge in [-0.3, -0.25) is 0 Å². The van der Waals surface area contributed by atoms with Crippen molar-refractivity contribution < 1.29 is 24.1 Å². The molecule has 2 fully saturated rings. The summed E-state index contributed by atoms with van der Waals surface area (Å²) in [6.07, 6.45) is 13.2. The number of ether oxygens (including phenoxy) is 3. The zero-order chi connectivity index (χ0) is 36.0. The van der Waals surface area contributed by atoms with Crippen molar-refractivity contribution in [1.29, 1.82) is 0 Å². The molecule has 4 aromatic carbocycles. The Morgan fingerprint density at radius 3 is 1.58 bits per heavy atom. The quantitative estimate of drug-likeness (QED) is 0.135. The van der Waals surface area contributed by atoms with Crippen LogP contribution in [0.1, 0.15) is 103 Å². The number of aromatic nitrogens is 2. The Hall–Kier alpha value is -4.43. The molecule has 3 N–H and O–H groups in total. The van der Waals surface area contributed by atoms with Gasteiger partial charge < -0.3 is 29.3 Å². The van der Waals surface area contributed by atoms with Gasteiger partial charge in [0, 0.05) is 38.6 Å². The van der Waals surface area contributed by atoms with E-state index in [1.54, 1.807) is 18.2 Å². The van der Waals surface area contributed by atoms with Crippen molar-refractivity contribution in [1.82, 2.24) is 9.97 Å². The fourth-order valence-corrected chi connectivity index (χ4v) is 8.03. The van der Waals surface area contributed by atoms with Crippen LogP contribution in [0.3, 0.4) is 0 Å². The fourth-order valence-electron chi connectivity index (χ4n) is 7.62. The highest BCUT2D eigenvalue weighted by Crippen LogP contribution is 2.38. The number of carbonyl (C=O) groups excluding carboxylic acids is 1. The molecule has 6 aromatic rings. The van der Waals surface area contributed by atoms with E-state index >= 15 is 0 Å². The summed E-state index contributed by atoms with van der Waals surface area (Å²) in [5.74, 6) is 3.78. The van der Waals surface area contributed by atoms with E-state index in [-0.39, 0.29) is 6.61 Å². The first-order valence-electron chi connectivity index (χ1n) is 18.2. The first-order chi connectivity index (χ1) is 25.4. The number of benzene rings is 4. The van der Waals surface area contributed by atoms with Crippen LogP contribution in [0.4, 0.5) is 0 Å². The maximum Gasteiger partial charge on any atom is 0.354 e. The minimum absolute atomic E-state index is 0.0399. The first-order valence-corrected chi connectivity index (χ1v) is 19.0. The maximum absolute atomic E-state index is 11.8. The van der Waals surface area contributed by atoms with Crippen LogP contribution in [0.5, 0.6) is 23.0 Å². The number of carbonyl (C=O) groups is 1. The second-order valence-corrected chi connectivity index (χ2v) is 14.7. The summed E-state index contributed by atoms with van der Waals surface area (Å²) >= 11 is 12.4. The molecule has 2 aliphatic rings. The normalized spacial score (nSPS) is 15.3. The minimum Gasteiger partial charge on any atom is -0.464 e. The van der Waals surface area contributed by atoms with Gasteiger partial charge in [-0.1, -0.05) is 86.0 Å². The number of nitrogens with one attached hydrogen (secondary N) is 2. The number of rotatable bonds is 8. The lowest BCUT2D eigenvalue weighted by molar-refractivity contribution is 0.0595. The largest absolute Gasteiger partial charge is 0.464 e. The van der Waals surface area contributed by atoms with Crippen molar-refractivity contribution in [2.24, 2.45) is 0 Å². The summed E-state index contributed by atoms with van der Waals surface area (Å²) < 4.78 is 17.0. The van der Waals surface area contributed by atoms with Gasteiger partial charge in [-0.25, -0.2) is 4.79 Å². The molecule has 2 aliphatic carbocycles. The first kappa shape index (κ1) is 36.0. The molecule has 9 heteroatoms. The SMILES string of the molecule is COC(=O)c1cc2c(Oc3ccc(C4CCCCC4)cc3)cc(Cl)cc2[nH]1.OCc1cc2c(Oc3ccc(C4CCCCC4)cc3)cc(Cl)cc2[nH]1. The van der Waals surface area contributed by atoms with Gasteiger partial charge in [0.05, 0.1) is 24.8 Å². The van der Waals surface area contributed by atoms with E-state index in [1.165, 1.54) is 82.4 Å². The van der Waals surface area contributed by atoms with Crippen molar-refractivity contribution >= 4 is 51.0 Å². The van der Waals surface area contributed by atoms with Gasteiger partial charge in [0.2, 0.25) is 0 Å². The standard InChI is InChI=1S/C22H22ClNO3.C21H22ClNO2/c1-26-22(25)20-13-18-19(24-20)11-16(23)12-21(18)27-17-9-7-15(8-10-17)14-5-3-2-4-6-14;22-16-10-20-19(12-17(13-24)23-20)21(11-16)25-18-8-6-15(7-9-18)14-4-2-1-3-5-14/h7-14,24H,2-6H2,1H3;6-12,14,23-24H,1-5,13H2. The highest BCUT2D eigenvalue weighted by Gasteiger charge is 2.18. The van der Waals surface area contributed by atoms with E-state index in [9.17, 15) is 9.90 Å². The number of aromatic amines is 2. The Balaban J connectivity index is 0.000000162. The summed E-state index contributed by atoms with van der Waals surface area (Å²) in [7, 11) is 1.35. The predicted molar refractivity (Wildman–Crippen MR) is 209 cm³/mol. The third-order valence-corrected chi connectivity index (χ3v) is 10.8. The van der Waals surface area contributed by atoms with Crippen LogP contribution < -0.4 is 9.47 Å². The zero-order valence-electron chi connectivity index (χ0n) is 29.4. The number of aliphatic hydroxyl groups excluding tert-OH is 1. The average Bonchev–Trinajstić information content (AvgIpc) is 3.81. The number of aliphatic hydroxyl groups is 1. The molecule has 0 atom stereocenters. The molecule has 0 aliphatic heterocycles. The molecule has 0 spiro atoms. The summed E-state index contributed by atoms with van der Waals surface area (Å²) in [4.78, 5) is 18.0. The van der Waals surface area contributed by atoms with E-state index in [0.29, 0.717) is 39.1 Å². The molecule has 0 unspecified atom stereocenters. The molecular weight excluding hydrogens is 695 g/mol. The Labute approximate surface area is 314 Å². The predicted octanol–water partition coefficient (Wildman–Crippen LogP) is 12.6. The third-order valence-electron chi connectivity index (χ3n) is 10.3. The van der Waals surface area contributed by atoms with Gasteiger partial charge in [0.25, 0.3) is 0 Å². The van der Waals surface area contributed by atoms with Crippen molar-refractivity contribution in [3.63, 3.8) is 0 Å². The lowest BCUT2D eigenvalue weighted by atomic mass is 9.84. The van der Waals surface area contributed by atoms with Crippen LogP contribution in [0.25, 0.3) is 21.8 Å². The van der Waals surface area contributed by atoms with E-state index in [1.807, 2.05) is 42.5 Å². The topological polar surface area (TPSA) is 96.6 Å². The van der Waals surface area contributed by atoms with Gasteiger partial charge in [-0.05, 0) is 97.2 Å². The monoisotopic (exact) mass is 738 g/mol. The molecule has 2 heterocycles. The number of methoxy groups -OCH3 is 1. The number of halogens is 2. The molecule has 270 valence electrons. The van der Waals surface area contributed by atoms with E-state index in [0.717, 1.165) is 39.0 Å². The van der Waals surface area contributed by atoms with Gasteiger partial charge in [-0.15, -0.1) is 0 Å². The van der Waals surface area contributed by atoms with Crippen molar-refractivity contribution in [3.8, 4) is 23.0 Å². The van der Waals surface area contributed by atoms with E-state index in [4.69, 9.17) is 37.4 Å². The van der Waals surface area contributed by atoms with E-state index < -0.39 is 5.97 Å². The van der Waals surface area contributed by atoms with Crippen LogP contribution in [-0.2, 0) is 11.3 Å². The maximum atomic E-state index is 11.8. The van der Waals surface area contributed by atoms with Crippen molar-refractivity contribution in [3.05, 3.63) is 117 Å². The molecule has 8 rings (SSSR count). The summed E-state index contributed by atoms with van der Waals surface area (Å²) in [6.45, 7) is -0.0399. The molecule has 52 heavy (non-hydrogen) atoms. The van der Waals surface area contributed by atoms with Gasteiger partial charge in [-0.2, -0.15) is 0 Å². The molecule has 2 saturated carbocycles. The van der Waals surface area contributed by atoms with Crippen molar-refractivity contribution in [2.75, 3.05) is 7.11 Å². The van der Waals surface area contributed by atoms with Gasteiger partial charge in [0.1, 0.15) is 28.7 Å². The summed E-state index contributed by atoms with van der Waals surface area (Å²) in [5.41, 5.74) is 5.50. The highest BCUT2D eigenvalue weighted by atomic mass is 35.5. The molecule has 0 amide bonds. The average molecular weight is 740 g/mol. The Bertz CT molecular complexity index is 2130. The molecule has 7 nitrogen and oxygen atoms in total. The highest BCUT2D eigenvalue weighted by molar-refractivity contribution is 6.32. The van der Waals surface area contributed by atoms with Crippen LogP contribution in [0.15, 0.2) is 84.9 Å². The van der Waals surface area contributed by atoms with Gasteiger partial charge in [0.15, 0.2) is 0 Å². The molecular formula is C43H44Cl2N2O5. The minimum atomic E-state index is -0.426. The van der Waals surface area contributed by atoms with Crippen LogP contribution in [-0.4, -0.2) is 28.2 Å². The summed E-state index contributed by atoms with van der Waals surface area (Å²) in [5, 5.41) is 12.2. The van der Waals surface area contributed by atoms with Gasteiger partial charge >= 0.3 is 5.97 Å². The second kappa shape index (κ2) is 16.5. The van der Waals surface area contributed by atoms with Crippen LogP contribution in [0, 0.1) is 0 Å². The molecule has 0 bridgehead atoms. The summed E-state index contributed by atoms with van der Waals surface area (Å²) in [6, 6.07) is 27.6. The second-order valence-electron chi connectivity index (χ2n) is 13.9. The fraction of sp³-hybridized carbons (Fsp3) is 0.326. The van der Waals surface area contributed by atoms with Crippen LogP contribution in [0.2, 0.25) is 10.0 Å². The Morgan fingerprint density at radius 1 is 0.654 bits per heavy atom. The number of hydrogen-bond donors (Lipinski definition) is 3. The molecule has 0 saturated heterocycles. The van der Waals surface area contributed by atoms with Crippen molar-refractivity contribution in [2.45, 2.75) is 82.7 Å².